The molecule has 0 atom stereocenters. The maximum absolute atomic E-state index is 14.4. The number of benzene rings is 2. The summed E-state index contributed by atoms with van der Waals surface area (Å²) in [5.74, 6) is -6.29. The predicted octanol–water partition coefficient (Wildman–Crippen LogP) is 3.23. The van der Waals surface area contributed by atoms with E-state index < -0.39 is 35.3 Å². The lowest BCUT2D eigenvalue weighted by Crippen LogP contribution is -2.30. The smallest absolute Gasteiger partial charge is 0.366 e. The first-order chi connectivity index (χ1) is 11.1. The zero-order valence-corrected chi connectivity index (χ0v) is 11.7. The monoisotopic (exact) mass is 344 g/mol. The molecule has 0 saturated heterocycles. The number of rotatable bonds is 3. The number of carbonyl (C=O) groups is 2. The van der Waals surface area contributed by atoms with Gasteiger partial charge in [-0.1, -0.05) is 18.2 Å². The van der Waals surface area contributed by atoms with E-state index in [2.05, 4.69) is 0 Å². The van der Waals surface area contributed by atoms with Crippen molar-refractivity contribution >= 4 is 17.5 Å². The van der Waals surface area contributed by atoms with Gasteiger partial charge in [0.2, 0.25) is 5.91 Å². The van der Waals surface area contributed by atoms with Crippen LogP contribution in [-0.4, -0.2) is 18.0 Å². The highest BCUT2D eigenvalue weighted by Crippen LogP contribution is 2.32. The Morgan fingerprint density at radius 1 is 0.958 bits per heavy atom. The number of nitrogens with two attached hydrogens (primary N) is 1. The van der Waals surface area contributed by atoms with Crippen LogP contribution in [0.3, 0.4) is 0 Å². The highest BCUT2D eigenvalue weighted by atomic mass is 19.4. The highest BCUT2D eigenvalue weighted by Gasteiger charge is 2.39. The molecule has 126 valence electrons. The maximum Gasteiger partial charge on any atom is 0.471 e. The Kier molecular flexibility index (Phi) is 4.54. The molecule has 4 nitrogen and oxygen atoms in total. The van der Waals surface area contributed by atoms with E-state index in [1.165, 1.54) is 24.3 Å². The second-order valence-electron chi connectivity index (χ2n) is 4.65. The van der Waals surface area contributed by atoms with Gasteiger partial charge in [0.05, 0.1) is 0 Å². The molecule has 24 heavy (non-hydrogen) atoms. The van der Waals surface area contributed by atoms with Crippen molar-refractivity contribution in [2.75, 3.05) is 5.32 Å². The topological polar surface area (TPSA) is 72.2 Å². The molecule has 2 aromatic rings. The fourth-order valence-electron chi connectivity index (χ4n) is 1.99. The van der Waals surface area contributed by atoms with Crippen molar-refractivity contribution in [3.8, 4) is 11.1 Å². The van der Waals surface area contributed by atoms with Gasteiger partial charge in [0.1, 0.15) is 11.5 Å². The van der Waals surface area contributed by atoms with Gasteiger partial charge in [-0.25, -0.2) is 8.78 Å². The van der Waals surface area contributed by atoms with Crippen LogP contribution in [0.15, 0.2) is 36.4 Å². The normalized spacial score (nSPS) is 11.2. The summed E-state index contributed by atoms with van der Waals surface area (Å²) in [5.41, 5.74) is 3.33. The minimum absolute atomic E-state index is 0.0509. The molecule has 0 saturated carbocycles. The molecule has 2 amide bonds. The molecule has 9 heteroatoms. The number of hydrogen-bond acceptors (Lipinski definition) is 2. The van der Waals surface area contributed by atoms with Crippen molar-refractivity contribution < 1.29 is 31.5 Å². The lowest BCUT2D eigenvalue weighted by molar-refractivity contribution is -0.167. The Hall–Kier alpha value is -2.97. The summed E-state index contributed by atoms with van der Waals surface area (Å²) >= 11 is 0. The van der Waals surface area contributed by atoms with Crippen molar-refractivity contribution in [2.24, 2.45) is 5.73 Å². The number of carbonyl (C=O) groups excluding carboxylic acids is 2. The number of amides is 2. The number of hydrogen-bond donors (Lipinski definition) is 2. The Balaban J connectivity index is 2.58. The van der Waals surface area contributed by atoms with Crippen LogP contribution in [0.25, 0.3) is 11.1 Å². The van der Waals surface area contributed by atoms with Crippen LogP contribution in [0, 0.1) is 11.6 Å². The van der Waals surface area contributed by atoms with Gasteiger partial charge in [0, 0.05) is 11.1 Å². The highest BCUT2D eigenvalue weighted by molar-refractivity contribution is 6.01. The molecule has 2 rings (SSSR count). The largest absolute Gasteiger partial charge is 0.471 e. The van der Waals surface area contributed by atoms with Gasteiger partial charge in [-0.2, -0.15) is 13.2 Å². The van der Waals surface area contributed by atoms with Gasteiger partial charge in [-0.05, 0) is 23.8 Å². The number of halogens is 5. The summed E-state index contributed by atoms with van der Waals surface area (Å²) in [4.78, 5) is 22.3. The van der Waals surface area contributed by atoms with Crippen LogP contribution < -0.4 is 11.1 Å². The van der Waals surface area contributed by atoms with Crippen molar-refractivity contribution in [1.29, 1.82) is 0 Å². The number of alkyl halides is 3. The van der Waals surface area contributed by atoms with Gasteiger partial charge in [-0.15, -0.1) is 0 Å². The van der Waals surface area contributed by atoms with Gasteiger partial charge in [0.25, 0.3) is 0 Å². The van der Waals surface area contributed by atoms with E-state index in [0.717, 1.165) is 11.4 Å². The van der Waals surface area contributed by atoms with Crippen LogP contribution in [-0.2, 0) is 4.79 Å². The molecule has 0 aromatic heterocycles. The Bertz CT molecular complexity index is 818. The number of anilines is 1. The Labute approximate surface area is 132 Å². The third-order valence-corrected chi connectivity index (χ3v) is 3.07. The molecular weight excluding hydrogens is 335 g/mol. The zero-order chi connectivity index (χ0) is 18.1. The van der Waals surface area contributed by atoms with Gasteiger partial charge >= 0.3 is 12.1 Å². The Morgan fingerprint density at radius 2 is 1.58 bits per heavy atom. The Morgan fingerprint density at radius 3 is 2.17 bits per heavy atom. The average molecular weight is 344 g/mol. The summed E-state index contributed by atoms with van der Waals surface area (Å²) in [6, 6.07) is 7.02. The van der Waals surface area contributed by atoms with E-state index in [4.69, 9.17) is 5.73 Å². The molecule has 0 aliphatic rings. The molecule has 2 aromatic carbocycles. The van der Waals surface area contributed by atoms with Gasteiger partial charge < -0.3 is 11.1 Å². The molecule has 0 spiro atoms. The molecule has 0 bridgehead atoms. The van der Waals surface area contributed by atoms with E-state index in [1.54, 1.807) is 0 Å². The third-order valence-electron chi connectivity index (χ3n) is 3.07. The molecule has 0 unspecified atom stereocenters. The zero-order valence-electron chi connectivity index (χ0n) is 11.7. The van der Waals surface area contributed by atoms with Crippen LogP contribution in [0.5, 0.6) is 0 Å². The fraction of sp³-hybridized carbons (Fsp3) is 0.0667. The quantitative estimate of drug-likeness (QED) is 0.839. The van der Waals surface area contributed by atoms with E-state index in [0.29, 0.717) is 6.07 Å². The molecule has 0 heterocycles. The summed E-state index contributed by atoms with van der Waals surface area (Å²) in [5, 5.41) is 1.15. The van der Waals surface area contributed by atoms with E-state index in [9.17, 15) is 31.5 Å². The molecule has 3 N–H and O–H groups in total. The second-order valence-corrected chi connectivity index (χ2v) is 4.65. The molecular formula is C15H9F5N2O2. The van der Waals surface area contributed by atoms with E-state index in [1.807, 2.05) is 0 Å². The van der Waals surface area contributed by atoms with Crippen LogP contribution >= 0.6 is 0 Å². The SMILES string of the molecule is NC(=O)c1ccccc1-c1ccc(F)c(NC(=O)C(F)(F)F)c1F. The lowest BCUT2D eigenvalue weighted by atomic mass is 9.98. The molecule has 0 fully saturated rings. The molecule has 0 radical (unpaired) electrons. The molecule has 0 aliphatic carbocycles. The van der Waals surface area contributed by atoms with Crippen molar-refractivity contribution in [1.82, 2.24) is 0 Å². The number of nitrogens with one attached hydrogen (secondary N) is 1. The van der Waals surface area contributed by atoms with Crippen molar-refractivity contribution in [2.45, 2.75) is 6.18 Å². The minimum atomic E-state index is -5.32. The van der Waals surface area contributed by atoms with E-state index in [-0.39, 0.29) is 16.7 Å². The predicted molar refractivity (Wildman–Crippen MR) is 75.0 cm³/mol. The summed E-state index contributed by atoms with van der Waals surface area (Å²) in [6.45, 7) is 0. The third kappa shape index (κ3) is 3.34. The second kappa shape index (κ2) is 6.26. The first-order valence-corrected chi connectivity index (χ1v) is 6.38. The maximum atomic E-state index is 14.4. The van der Waals surface area contributed by atoms with Crippen molar-refractivity contribution in [3.05, 3.63) is 53.6 Å². The summed E-state index contributed by atoms with van der Waals surface area (Å²) in [6.07, 6.45) is -5.32. The first-order valence-electron chi connectivity index (χ1n) is 6.38. The van der Waals surface area contributed by atoms with Crippen LogP contribution in [0.2, 0.25) is 0 Å². The summed E-state index contributed by atoms with van der Waals surface area (Å²) in [7, 11) is 0. The van der Waals surface area contributed by atoms with Gasteiger partial charge in [-0.3, -0.25) is 9.59 Å². The first kappa shape index (κ1) is 17.4. The fourth-order valence-corrected chi connectivity index (χ4v) is 1.99. The van der Waals surface area contributed by atoms with Crippen LogP contribution in [0.1, 0.15) is 10.4 Å². The standard InChI is InChI=1S/C15H9F5N2O2/c16-10-6-5-8(7-3-1-2-4-9(7)13(21)23)11(17)12(10)22-14(24)15(18,19)20/h1-6H,(H2,21,23)(H,22,24). The number of primary amides is 1. The molecule has 0 aliphatic heterocycles. The summed E-state index contributed by atoms with van der Waals surface area (Å²) < 4.78 is 64.9. The van der Waals surface area contributed by atoms with Gasteiger partial charge in [0.15, 0.2) is 5.82 Å². The minimum Gasteiger partial charge on any atom is -0.366 e. The average Bonchev–Trinajstić information content (AvgIpc) is 2.50. The van der Waals surface area contributed by atoms with Crippen LogP contribution in [0.4, 0.5) is 27.6 Å². The van der Waals surface area contributed by atoms with E-state index >= 15 is 0 Å². The lowest BCUT2D eigenvalue weighted by Gasteiger charge is -2.13. The van der Waals surface area contributed by atoms with Crippen molar-refractivity contribution in [3.63, 3.8) is 0 Å².